The number of nitrogens with one attached hydrogen (secondary N) is 1. The zero-order valence-electron chi connectivity index (χ0n) is 16.2. The van der Waals surface area contributed by atoms with E-state index in [4.69, 9.17) is 14.2 Å². The highest BCUT2D eigenvalue weighted by Crippen LogP contribution is 2.27. The van der Waals surface area contributed by atoms with Crippen molar-refractivity contribution in [2.24, 2.45) is 0 Å². The van der Waals surface area contributed by atoms with Crippen LogP contribution in [0.25, 0.3) is 0 Å². The predicted octanol–water partition coefficient (Wildman–Crippen LogP) is 2.68. The van der Waals surface area contributed by atoms with Crippen LogP contribution in [-0.4, -0.2) is 38.7 Å². The van der Waals surface area contributed by atoms with Gasteiger partial charge in [-0.2, -0.15) is 0 Å². The molecule has 0 saturated carbocycles. The van der Waals surface area contributed by atoms with Crippen molar-refractivity contribution < 1.29 is 28.2 Å². The zero-order valence-corrected chi connectivity index (χ0v) is 16.2. The van der Waals surface area contributed by atoms with Crippen LogP contribution in [0.3, 0.4) is 0 Å². The van der Waals surface area contributed by atoms with E-state index in [1.165, 1.54) is 33.3 Å². The molecule has 0 aliphatic heterocycles. The van der Waals surface area contributed by atoms with E-state index in [-0.39, 0.29) is 18.1 Å². The van der Waals surface area contributed by atoms with Gasteiger partial charge in [-0.05, 0) is 48.7 Å². The Morgan fingerprint density at radius 3 is 2.29 bits per heavy atom. The lowest BCUT2D eigenvalue weighted by Gasteiger charge is -2.14. The van der Waals surface area contributed by atoms with Crippen molar-refractivity contribution in [3.8, 4) is 11.5 Å². The second-order valence-corrected chi connectivity index (χ2v) is 6.17. The van der Waals surface area contributed by atoms with Crippen LogP contribution in [0, 0.1) is 5.82 Å². The summed E-state index contributed by atoms with van der Waals surface area (Å²) in [5.74, 6) is -0.133. The second kappa shape index (κ2) is 10.3. The number of methoxy groups -OCH3 is 2. The average Bonchev–Trinajstić information content (AvgIpc) is 2.69. The highest BCUT2D eigenvalue weighted by Gasteiger charge is 2.18. The molecule has 0 fully saturated rings. The quantitative estimate of drug-likeness (QED) is 0.668. The van der Waals surface area contributed by atoms with E-state index in [1.807, 2.05) is 0 Å². The molecule has 28 heavy (non-hydrogen) atoms. The Hall–Kier alpha value is -3.09. The van der Waals surface area contributed by atoms with Crippen LogP contribution in [0.5, 0.6) is 11.5 Å². The third-order valence-corrected chi connectivity index (χ3v) is 4.10. The molecule has 6 nitrogen and oxygen atoms in total. The first kappa shape index (κ1) is 21.2. The van der Waals surface area contributed by atoms with Crippen LogP contribution in [0.2, 0.25) is 0 Å². The second-order valence-electron chi connectivity index (χ2n) is 6.17. The third-order valence-electron chi connectivity index (χ3n) is 4.10. The van der Waals surface area contributed by atoms with Gasteiger partial charge in [0.05, 0.1) is 20.6 Å². The molecule has 0 aliphatic carbocycles. The van der Waals surface area contributed by atoms with Crippen LogP contribution < -0.4 is 14.8 Å². The summed E-state index contributed by atoms with van der Waals surface area (Å²) in [5, 5.41) is 2.70. The fourth-order valence-electron chi connectivity index (χ4n) is 2.57. The summed E-state index contributed by atoms with van der Waals surface area (Å²) in [7, 11) is 3.04. The summed E-state index contributed by atoms with van der Waals surface area (Å²) < 4.78 is 28.4. The lowest BCUT2D eigenvalue weighted by atomic mass is 10.1. The Balaban J connectivity index is 1.79. The van der Waals surface area contributed by atoms with Crippen LogP contribution in [0.1, 0.15) is 18.1 Å². The van der Waals surface area contributed by atoms with Gasteiger partial charge in [0.1, 0.15) is 5.82 Å². The molecule has 150 valence electrons. The molecule has 0 heterocycles. The van der Waals surface area contributed by atoms with E-state index >= 15 is 0 Å². The van der Waals surface area contributed by atoms with Gasteiger partial charge in [0.25, 0.3) is 5.91 Å². The van der Waals surface area contributed by atoms with Crippen molar-refractivity contribution in [2.45, 2.75) is 25.9 Å². The van der Waals surface area contributed by atoms with E-state index in [0.29, 0.717) is 30.0 Å². The van der Waals surface area contributed by atoms with Crippen molar-refractivity contribution in [2.75, 3.05) is 20.8 Å². The molecule has 2 rings (SSSR count). The van der Waals surface area contributed by atoms with E-state index < -0.39 is 12.1 Å². The fourth-order valence-corrected chi connectivity index (χ4v) is 2.57. The Labute approximate surface area is 163 Å². The molecule has 1 amide bonds. The minimum Gasteiger partial charge on any atom is -0.493 e. The van der Waals surface area contributed by atoms with Crippen molar-refractivity contribution in [1.82, 2.24) is 5.32 Å². The summed E-state index contributed by atoms with van der Waals surface area (Å²) in [4.78, 5) is 24.2. The van der Waals surface area contributed by atoms with Gasteiger partial charge in [-0.25, -0.2) is 4.39 Å². The molecule has 0 radical (unpaired) electrons. The van der Waals surface area contributed by atoms with Crippen LogP contribution in [-0.2, 0) is 27.2 Å². The molecule has 0 aliphatic rings. The number of carbonyl (C=O) groups excluding carboxylic acids is 2. The smallest absolute Gasteiger partial charge is 0.311 e. The molecular formula is C21H24FNO5. The topological polar surface area (TPSA) is 73.9 Å². The first-order valence-corrected chi connectivity index (χ1v) is 8.85. The first-order valence-electron chi connectivity index (χ1n) is 8.85. The Bertz CT molecular complexity index is 807. The van der Waals surface area contributed by atoms with E-state index in [1.54, 1.807) is 30.3 Å². The number of benzene rings is 2. The number of rotatable bonds is 9. The number of esters is 1. The van der Waals surface area contributed by atoms with E-state index in [0.717, 1.165) is 5.56 Å². The standard InChI is InChI=1S/C21H24FNO5/c1-14(21(25)23-11-10-15-4-7-17(22)8-5-15)28-20(24)13-16-6-9-18(26-2)19(12-16)27-3/h4-9,12,14H,10-11,13H2,1-3H3,(H,23,25)/t14-/m0/s1. The molecule has 0 bridgehead atoms. The first-order chi connectivity index (χ1) is 13.4. The highest BCUT2D eigenvalue weighted by atomic mass is 19.1. The van der Waals surface area contributed by atoms with Crippen molar-refractivity contribution in [3.05, 3.63) is 59.4 Å². The maximum absolute atomic E-state index is 12.9. The van der Waals surface area contributed by atoms with Crippen LogP contribution in [0.15, 0.2) is 42.5 Å². The number of carbonyl (C=O) groups is 2. The van der Waals surface area contributed by atoms with Gasteiger partial charge in [-0.3, -0.25) is 9.59 Å². The monoisotopic (exact) mass is 389 g/mol. The zero-order chi connectivity index (χ0) is 20.5. The summed E-state index contributed by atoms with van der Waals surface area (Å²) >= 11 is 0. The predicted molar refractivity (Wildman–Crippen MR) is 102 cm³/mol. The SMILES string of the molecule is COc1ccc(CC(=O)O[C@@H](C)C(=O)NCCc2ccc(F)cc2)cc1OC. The van der Waals surface area contributed by atoms with Gasteiger partial charge in [0, 0.05) is 6.54 Å². The number of hydrogen-bond acceptors (Lipinski definition) is 5. The molecule has 1 atom stereocenters. The highest BCUT2D eigenvalue weighted by molar-refractivity contribution is 5.83. The van der Waals surface area contributed by atoms with Gasteiger partial charge in [-0.1, -0.05) is 18.2 Å². The van der Waals surface area contributed by atoms with E-state index in [9.17, 15) is 14.0 Å². The molecule has 2 aromatic rings. The molecular weight excluding hydrogens is 365 g/mol. The number of ether oxygens (including phenoxy) is 3. The lowest BCUT2D eigenvalue weighted by molar-refractivity contribution is -0.154. The Morgan fingerprint density at radius 2 is 1.64 bits per heavy atom. The molecule has 7 heteroatoms. The van der Waals surface area contributed by atoms with Gasteiger partial charge in [0.15, 0.2) is 17.6 Å². The molecule has 0 unspecified atom stereocenters. The van der Waals surface area contributed by atoms with E-state index in [2.05, 4.69) is 5.32 Å². The summed E-state index contributed by atoms with van der Waals surface area (Å²) in [6, 6.07) is 11.2. The van der Waals surface area contributed by atoms with Gasteiger partial charge >= 0.3 is 5.97 Å². The van der Waals surface area contributed by atoms with Gasteiger partial charge in [-0.15, -0.1) is 0 Å². The number of halogens is 1. The average molecular weight is 389 g/mol. The minimum atomic E-state index is -0.916. The Kier molecular flexibility index (Phi) is 7.80. The van der Waals surface area contributed by atoms with Gasteiger partial charge < -0.3 is 19.5 Å². The summed E-state index contributed by atoms with van der Waals surface area (Å²) in [6.07, 6.45) is -0.354. The molecule has 1 N–H and O–H groups in total. The van der Waals surface area contributed by atoms with Crippen LogP contribution in [0.4, 0.5) is 4.39 Å². The normalized spacial score (nSPS) is 11.4. The molecule has 0 saturated heterocycles. The van der Waals surface area contributed by atoms with Crippen molar-refractivity contribution >= 4 is 11.9 Å². The number of amides is 1. The summed E-state index contributed by atoms with van der Waals surface area (Å²) in [5.41, 5.74) is 1.59. The maximum atomic E-state index is 12.9. The fraction of sp³-hybridized carbons (Fsp3) is 0.333. The van der Waals surface area contributed by atoms with Crippen LogP contribution >= 0.6 is 0 Å². The largest absolute Gasteiger partial charge is 0.493 e. The maximum Gasteiger partial charge on any atom is 0.311 e. The van der Waals surface area contributed by atoms with Gasteiger partial charge in [0.2, 0.25) is 0 Å². The summed E-state index contributed by atoms with van der Waals surface area (Å²) in [6.45, 7) is 1.88. The van der Waals surface area contributed by atoms with Crippen molar-refractivity contribution in [1.29, 1.82) is 0 Å². The van der Waals surface area contributed by atoms with Crippen molar-refractivity contribution in [3.63, 3.8) is 0 Å². The molecule has 2 aromatic carbocycles. The lowest BCUT2D eigenvalue weighted by Crippen LogP contribution is -2.37. The molecule has 0 spiro atoms. The Morgan fingerprint density at radius 1 is 1.00 bits per heavy atom. The minimum absolute atomic E-state index is 0.00749. The third kappa shape index (κ3) is 6.26. The molecule has 0 aromatic heterocycles. The number of hydrogen-bond donors (Lipinski definition) is 1.